The standard InChI is InChI=1S/C16H15N5O4S2/c1-25-12-6-2-10(3-7-12)14-20-21-16(26-14)19-15(22)18-11-4-8-13(9-5-11)27(17,23)24/h2-9H,1H3,(H2,17,23,24)(H2,18,19,21,22). The number of primary sulfonamides is 1. The minimum atomic E-state index is -3.78. The van der Waals surface area contributed by atoms with Crippen LogP contribution in [0, 0.1) is 0 Å². The molecule has 0 aliphatic heterocycles. The second-order valence-corrected chi connectivity index (χ2v) is 7.83. The lowest BCUT2D eigenvalue weighted by Crippen LogP contribution is -2.19. The monoisotopic (exact) mass is 405 g/mol. The van der Waals surface area contributed by atoms with Crippen molar-refractivity contribution in [3.63, 3.8) is 0 Å². The summed E-state index contributed by atoms with van der Waals surface area (Å²) in [5.41, 5.74) is 1.25. The Balaban J connectivity index is 1.63. The van der Waals surface area contributed by atoms with Crippen LogP contribution in [0.5, 0.6) is 5.75 Å². The molecule has 0 spiro atoms. The number of nitrogens with one attached hydrogen (secondary N) is 2. The second-order valence-electron chi connectivity index (χ2n) is 5.29. The number of hydrogen-bond donors (Lipinski definition) is 3. The molecule has 0 bridgehead atoms. The molecule has 0 saturated carbocycles. The molecule has 2 aromatic carbocycles. The van der Waals surface area contributed by atoms with Gasteiger partial charge in [-0.05, 0) is 48.5 Å². The highest BCUT2D eigenvalue weighted by atomic mass is 32.2. The predicted molar refractivity (Wildman–Crippen MR) is 102 cm³/mol. The number of benzene rings is 2. The van der Waals surface area contributed by atoms with Crippen molar-refractivity contribution in [3.05, 3.63) is 48.5 Å². The van der Waals surface area contributed by atoms with Crippen molar-refractivity contribution in [2.45, 2.75) is 4.90 Å². The molecule has 4 N–H and O–H groups in total. The summed E-state index contributed by atoms with van der Waals surface area (Å²) >= 11 is 1.21. The Bertz CT molecular complexity index is 1050. The number of urea groups is 1. The van der Waals surface area contributed by atoms with Gasteiger partial charge in [0.25, 0.3) is 0 Å². The first-order valence-electron chi connectivity index (χ1n) is 7.54. The molecule has 140 valence electrons. The third-order valence-electron chi connectivity index (χ3n) is 3.42. The zero-order valence-corrected chi connectivity index (χ0v) is 15.7. The van der Waals surface area contributed by atoms with E-state index in [4.69, 9.17) is 9.88 Å². The molecular weight excluding hydrogens is 390 g/mol. The maximum atomic E-state index is 12.1. The predicted octanol–water partition coefficient (Wildman–Crippen LogP) is 2.51. The van der Waals surface area contributed by atoms with E-state index in [9.17, 15) is 13.2 Å². The minimum absolute atomic E-state index is 0.0401. The van der Waals surface area contributed by atoms with E-state index < -0.39 is 16.1 Å². The second kappa shape index (κ2) is 7.70. The summed E-state index contributed by atoms with van der Waals surface area (Å²) in [5, 5.41) is 19.1. The topological polar surface area (TPSA) is 136 Å². The fourth-order valence-electron chi connectivity index (χ4n) is 2.11. The van der Waals surface area contributed by atoms with Crippen molar-refractivity contribution in [1.29, 1.82) is 0 Å². The Hall–Kier alpha value is -3.02. The molecule has 0 aliphatic rings. The van der Waals surface area contributed by atoms with Crippen LogP contribution in [0.25, 0.3) is 10.6 Å². The fourth-order valence-corrected chi connectivity index (χ4v) is 3.37. The molecule has 0 atom stereocenters. The van der Waals surface area contributed by atoms with E-state index in [1.807, 2.05) is 24.3 Å². The number of methoxy groups -OCH3 is 1. The van der Waals surface area contributed by atoms with Gasteiger partial charge in [-0.15, -0.1) is 10.2 Å². The van der Waals surface area contributed by atoms with E-state index in [-0.39, 0.29) is 4.90 Å². The quantitative estimate of drug-likeness (QED) is 0.596. The number of carbonyl (C=O) groups excluding carboxylic acids is 1. The number of nitrogens with two attached hydrogens (primary N) is 1. The van der Waals surface area contributed by atoms with Gasteiger partial charge < -0.3 is 10.1 Å². The van der Waals surface area contributed by atoms with Crippen molar-refractivity contribution >= 4 is 38.2 Å². The molecule has 0 fully saturated rings. The van der Waals surface area contributed by atoms with E-state index in [2.05, 4.69) is 20.8 Å². The van der Waals surface area contributed by atoms with Crippen molar-refractivity contribution in [2.24, 2.45) is 5.14 Å². The molecule has 0 radical (unpaired) electrons. The van der Waals surface area contributed by atoms with E-state index in [1.165, 1.54) is 35.6 Å². The largest absolute Gasteiger partial charge is 0.497 e. The molecule has 11 heteroatoms. The summed E-state index contributed by atoms with van der Waals surface area (Å²) in [5.74, 6) is 0.731. The van der Waals surface area contributed by atoms with E-state index in [0.29, 0.717) is 15.8 Å². The number of nitrogens with zero attached hydrogens (tertiary/aromatic N) is 2. The van der Waals surface area contributed by atoms with Crippen LogP contribution < -0.4 is 20.5 Å². The van der Waals surface area contributed by atoms with Crippen LogP contribution in [0.15, 0.2) is 53.4 Å². The lowest BCUT2D eigenvalue weighted by Gasteiger charge is -2.05. The molecule has 1 heterocycles. The molecule has 2 amide bonds. The highest BCUT2D eigenvalue weighted by Crippen LogP contribution is 2.27. The van der Waals surface area contributed by atoms with Gasteiger partial charge in [-0.3, -0.25) is 5.32 Å². The highest BCUT2D eigenvalue weighted by Gasteiger charge is 2.11. The van der Waals surface area contributed by atoms with Crippen LogP contribution in [0.1, 0.15) is 0 Å². The Morgan fingerprint density at radius 3 is 2.30 bits per heavy atom. The summed E-state index contributed by atoms with van der Waals surface area (Å²) in [7, 11) is -2.19. The van der Waals surface area contributed by atoms with Gasteiger partial charge in [0.15, 0.2) is 0 Å². The average molecular weight is 405 g/mol. The summed E-state index contributed by atoms with van der Waals surface area (Å²) in [6.07, 6.45) is 0. The molecule has 9 nitrogen and oxygen atoms in total. The average Bonchev–Trinajstić information content (AvgIpc) is 3.09. The highest BCUT2D eigenvalue weighted by molar-refractivity contribution is 7.89. The first kappa shape index (κ1) is 18.8. The van der Waals surface area contributed by atoms with Crippen LogP contribution in [0.4, 0.5) is 15.6 Å². The van der Waals surface area contributed by atoms with E-state index >= 15 is 0 Å². The molecule has 27 heavy (non-hydrogen) atoms. The van der Waals surface area contributed by atoms with Crippen molar-refractivity contribution < 1.29 is 17.9 Å². The lowest BCUT2D eigenvalue weighted by atomic mass is 10.2. The first-order chi connectivity index (χ1) is 12.8. The summed E-state index contributed by atoms with van der Waals surface area (Å²) in [6, 6.07) is 12.2. The van der Waals surface area contributed by atoms with Gasteiger partial charge in [0.1, 0.15) is 10.8 Å². The first-order valence-corrected chi connectivity index (χ1v) is 9.90. The fraction of sp³-hybridized carbons (Fsp3) is 0.0625. The van der Waals surface area contributed by atoms with Crippen molar-refractivity contribution in [2.75, 3.05) is 17.7 Å². The summed E-state index contributed by atoms with van der Waals surface area (Å²) < 4.78 is 27.5. The number of ether oxygens (including phenoxy) is 1. The SMILES string of the molecule is COc1ccc(-c2nnc(NC(=O)Nc3ccc(S(N)(=O)=O)cc3)s2)cc1. The molecular formula is C16H15N5O4S2. The number of hydrogen-bond acceptors (Lipinski definition) is 7. The number of sulfonamides is 1. The molecule has 0 unspecified atom stereocenters. The molecule has 0 saturated heterocycles. The summed E-state index contributed by atoms with van der Waals surface area (Å²) in [6.45, 7) is 0. The van der Waals surface area contributed by atoms with Gasteiger partial charge in [0, 0.05) is 11.3 Å². The maximum Gasteiger partial charge on any atom is 0.325 e. The van der Waals surface area contributed by atoms with Crippen LogP contribution >= 0.6 is 11.3 Å². The molecule has 0 aliphatic carbocycles. The van der Waals surface area contributed by atoms with E-state index in [0.717, 1.165) is 11.3 Å². The number of carbonyl (C=O) groups is 1. The lowest BCUT2D eigenvalue weighted by molar-refractivity contribution is 0.262. The van der Waals surface area contributed by atoms with E-state index in [1.54, 1.807) is 7.11 Å². The number of rotatable bonds is 5. The maximum absolute atomic E-state index is 12.1. The third-order valence-corrected chi connectivity index (χ3v) is 5.24. The van der Waals surface area contributed by atoms with Gasteiger partial charge in [0.05, 0.1) is 12.0 Å². The van der Waals surface area contributed by atoms with Crippen molar-refractivity contribution in [1.82, 2.24) is 10.2 Å². The zero-order chi connectivity index (χ0) is 19.4. The Kier molecular flexibility index (Phi) is 5.35. The molecule has 3 aromatic rings. The smallest absolute Gasteiger partial charge is 0.325 e. The van der Waals surface area contributed by atoms with Crippen molar-refractivity contribution in [3.8, 4) is 16.3 Å². The number of amides is 2. The van der Waals surface area contributed by atoms with Gasteiger partial charge >= 0.3 is 6.03 Å². The van der Waals surface area contributed by atoms with Gasteiger partial charge in [-0.25, -0.2) is 18.4 Å². The summed E-state index contributed by atoms with van der Waals surface area (Å²) in [4.78, 5) is 12.0. The third kappa shape index (κ3) is 4.78. The Morgan fingerprint density at radius 1 is 1.04 bits per heavy atom. The van der Waals surface area contributed by atoms with Crippen LogP contribution in [-0.2, 0) is 10.0 Å². The Labute approximate surface area is 159 Å². The Morgan fingerprint density at radius 2 is 1.70 bits per heavy atom. The van der Waals surface area contributed by atoms with Gasteiger partial charge in [-0.1, -0.05) is 11.3 Å². The number of anilines is 2. The van der Waals surface area contributed by atoms with Crippen LogP contribution in [-0.4, -0.2) is 31.8 Å². The zero-order valence-electron chi connectivity index (χ0n) is 14.0. The minimum Gasteiger partial charge on any atom is -0.497 e. The number of aromatic nitrogens is 2. The normalized spacial score (nSPS) is 11.0. The molecule has 3 rings (SSSR count). The van der Waals surface area contributed by atoms with Gasteiger partial charge in [0.2, 0.25) is 15.2 Å². The molecule has 1 aromatic heterocycles. The van der Waals surface area contributed by atoms with Crippen LogP contribution in [0.2, 0.25) is 0 Å². The van der Waals surface area contributed by atoms with Crippen LogP contribution in [0.3, 0.4) is 0 Å². The van der Waals surface area contributed by atoms with Gasteiger partial charge in [-0.2, -0.15) is 0 Å².